The Labute approximate surface area is 171 Å². The van der Waals surface area contributed by atoms with Gasteiger partial charge in [-0.1, -0.05) is 11.2 Å². The quantitative estimate of drug-likeness (QED) is 0.732. The summed E-state index contributed by atoms with van der Waals surface area (Å²) >= 11 is 0. The van der Waals surface area contributed by atoms with E-state index in [0.717, 1.165) is 22.5 Å². The number of piperazine rings is 1. The molecule has 0 spiro atoms. The maximum Gasteiger partial charge on any atom is 0.416 e. The van der Waals surface area contributed by atoms with E-state index in [1.807, 2.05) is 4.90 Å². The van der Waals surface area contributed by atoms with Crippen LogP contribution in [0.4, 0.5) is 19.0 Å². The van der Waals surface area contributed by atoms with Gasteiger partial charge in [0.15, 0.2) is 5.82 Å². The van der Waals surface area contributed by atoms with Gasteiger partial charge in [-0.05, 0) is 25.1 Å². The molecule has 0 bridgehead atoms. The number of hydrogen-bond acceptors (Lipinski definition) is 6. The number of amides is 1. The Morgan fingerprint density at radius 2 is 1.90 bits per heavy atom. The third kappa shape index (κ3) is 5.37. The van der Waals surface area contributed by atoms with Gasteiger partial charge in [0, 0.05) is 45.2 Å². The summed E-state index contributed by atoms with van der Waals surface area (Å²) in [6.45, 7) is 3.12. The van der Waals surface area contributed by atoms with Gasteiger partial charge >= 0.3 is 6.18 Å². The fourth-order valence-electron chi connectivity index (χ4n) is 3.07. The molecule has 3 rings (SSSR count). The predicted octanol–water partition coefficient (Wildman–Crippen LogP) is 2.34. The molecule has 0 radical (unpaired) electrons. The maximum atomic E-state index is 12.9. The molecule has 30 heavy (non-hydrogen) atoms. The summed E-state index contributed by atoms with van der Waals surface area (Å²) < 4.78 is 70.1. The molecule has 2 heterocycles. The summed E-state index contributed by atoms with van der Waals surface area (Å²) in [7, 11) is -4.03. The van der Waals surface area contributed by atoms with Crippen molar-refractivity contribution in [2.45, 2.75) is 24.4 Å². The third-order valence-corrected chi connectivity index (χ3v) is 6.58. The molecule has 0 atom stereocenters. The molecule has 0 saturated carbocycles. The number of aromatic nitrogens is 1. The lowest BCUT2D eigenvalue weighted by Crippen LogP contribution is -2.49. The Kier molecular flexibility index (Phi) is 6.48. The Hall–Kier alpha value is -2.44. The van der Waals surface area contributed by atoms with E-state index in [2.05, 4.69) is 10.5 Å². The van der Waals surface area contributed by atoms with Crippen LogP contribution >= 0.6 is 0 Å². The normalized spacial score (nSPS) is 16.5. The first kappa shape index (κ1) is 22.2. The highest BCUT2D eigenvalue weighted by Gasteiger charge is 2.34. The first-order valence-corrected chi connectivity index (χ1v) is 10.6. The van der Waals surface area contributed by atoms with Crippen LogP contribution in [0.3, 0.4) is 0 Å². The van der Waals surface area contributed by atoms with E-state index in [-0.39, 0.29) is 30.3 Å². The Morgan fingerprint density at radius 1 is 1.20 bits per heavy atom. The molecule has 0 aliphatic carbocycles. The van der Waals surface area contributed by atoms with Crippen LogP contribution in [0.15, 0.2) is 39.8 Å². The van der Waals surface area contributed by atoms with Crippen LogP contribution in [-0.4, -0.2) is 61.4 Å². The molecular weight excluding hydrogens is 425 g/mol. The number of nitrogens with zero attached hydrogens (tertiary/aromatic N) is 3. The van der Waals surface area contributed by atoms with Crippen LogP contribution in [0.5, 0.6) is 0 Å². The van der Waals surface area contributed by atoms with E-state index in [1.54, 1.807) is 13.0 Å². The van der Waals surface area contributed by atoms with E-state index < -0.39 is 21.8 Å². The van der Waals surface area contributed by atoms with Crippen LogP contribution in [0.2, 0.25) is 0 Å². The monoisotopic (exact) mass is 446 g/mol. The minimum atomic E-state index is -4.62. The van der Waals surface area contributed by atoms with E-state index in [4.69, 9.17) is 4.52 Å². The highest BCUT2D eigenvalue weighted by Crippen LogP contribution is 2.31. The molecule has 8 nitrogen and oxygen atoms in total. The standard InChI is InChI=1S/C18H21F3N4O4S/c1-13-11-16(23-29-13)22-17(26)5-6-24-7-9-25(10-8-24)30(27,28)15-4-2-3-14(12-15)18(19,20)21/h2-4,11-12H,5-10H2,1H3,(H,22,23,26). The van der Waals surface area contributed by atoms with Gasteiger partial charge in [0.1, 0.15) is 5.76 Å². The zero-order valence-corrected chi connectivity index (χ0v) is 17.0. The van der Waals surface area contributed by atoms with Crippen LogP contribution in [-0.2, 0) is 21.0 Å². The first-order valence-electron chi connectivity index (χ1n) is 9.18. The fourth-order valence-corrected chi connectivity index (χ4v) is 4.53. The maximum absolute atomic E-state index is 12.9. The molecule has 1 fully saturated rings. The lowest BCUT2D eigenvalue weighted by atomic mass is 10.2. The number of carbonyl (C=O) groups is 1. The third-order valence-electron chi connectivity index (χ3n) is 4.68. The lowest BCUT2D eigenvalue weighted by molar-refractivity contribution is -0.137. The number of carbonyl (C=O) groups excluding carboxylic acids is 1. The van der Waals surface area contributed by atoms with Crippen molar-refractivity contribution in [1.29, 1.82) is 0 Å². The average Bonchev–Trinajstić information content (AvgIpc) is 3.10. The second kappa shape index (κ2) is 8.74. The van der Waals surface area contributed by atoms with Crippen molar-refractivity contribution in [3.8, 4) is 0 Å². The second-order valence-corrected chi connectivity index (χ2v) is 8.83. The van der Waals surface area contributed by atoms with Crippen LogP contribution in [0, 0.1) is 6.92 Å². The van der Waals surface area contributed by atoms with Gasteiger partial charge in [-0.25, -0.2) is 8.42 Å². The summed E-state index contributed by atoms with van der Waals surface area (Å²) in [5, 5.41) is 6.28. The Morgan fingerprint density at radius 3 is 2.50 bits per heavy atom. The number of alkyl halides is 3. The summed E-state index contributed by atoms with van der Waals surface area (Å²) in [5.41, 5.74) is -1.00. The van der Waals surface area contributed by atoms with E-state index in [1.165, 1.54) is 0 Å². The van der Waals surface area contributed by atoms with Crippen molar-refractivity contribution in [2.24, 2.45) is 0 Å². The van der Waals surface area contributed by atoms with E-state index >= 15 is 0 Å². The highest BCUT2D eigenvalue weighted by atomic mass is 32.2. The van der Waals surface area contributed by atoms with Crippen molar-refractivity contribution in [3.63, 3.8) is 0 Å². The molecule has 1 N–H and O–H groups in total. The first-order chi connectivity index (χ1) is 14.1. The van der Waals surface area contributed by atoms with E-state index in [9.17, 15) is 26.4 Å². The number of halogens is 3. The Balaban J connectivity index is 1.53. The minimum absolute atomic E-state index is 0.128. The van der Waals surface area contributed by atoms with Gasteiger partial charge in [0.05, 0.1) is 10.5 Å². The topological polar surface area (TPSA) is 95.8 Å². The zero-order valence-electron chi connectivity index (χ0n) is 16.1. The van der Waals surface area contributed by atoms with Crippen molar-refractivity contribution in [1.82, 2.24) is 14.4 Å². The van der Waals surface area contributed by atoms with Gasteiger partial charge in [0.25, 0.3) is 0 Å². The predicted molar refractivity (Wildman–Crippen MR) is 101 cm³/mol. The largest absolute Gasteiger partial charge is 0.416 e. The summed E-state index contributed by atoms with van der Waals surface area (Å²) in [4.78, 5) is 13.5. The number of sulfonamides is 1. The van der Waals surface area contributed by atoms with Crippen LogP contribution in [0.1, 0.15) is 17.7 Å². The summed E-state index contributed by atoms with van der Waals surface area (Å²) in [5.74, 6) is 0.653. The van der Waals surface area contributed by atoms with Crippen LogP contribution in [0.25, 0.3) is 0 Å². The number of benzene rings is 1. The van der Waals surface area contributed by atoms with Gasteiger partial charge in [-0.2, -0.15) is 17.5 Å². The van der Waals surface area contributed by atoms with Crippen molar-refractivity contribution in [2.75, 3.05) is 38.0 Å². The molecule has 1 aromatic carbocycles. The smallest absolute Gasteiger partial charge is 0.360 e. The highest BCUT2D eigenvalue weighted by molar-refractivity contribution is 7.89. The number of nitrogens with one attached hydrogen (secondary N) is 1. The molecular formula is C18H21F3N4O4S. The van der Waals surface area contributed by atoms with Crippen molar-refractivity contribution >= 4 is 21.7 Å². The molecule has 0 unspecified atom stereocenters. The van der Waals surface area contributed by atoms with Gasteiger partial charge in [0.2, 0.25) is 15.9 Å². The molecule has 1 aromatic heterocycles. The van der Waals surface area contributed by atoms with Gasteiger partial charge in [-0.15, -0.1) is 0 Å². The molecule has 1 aliphatic heterocycles. The lowest BCUT2D eigenvalue weighted by Gasteiger charge is -2.33. The van der Waals surface area contributed by atoms with E-state index in [0.29, 0.717) is 37.3 Å². The Bertz CT molecular complexity index is 999. The SMILES string of the molecule is Cc1cc(NC(=O)CCN2CCN(S(=O)(=O)c3cccc(C(F)(F)F)c3)CC2)no1. The average molecular weight is 446 g/mol. The molecule has 12 heteroatoms. The molecule has 1 saturated heterocycles. The van der Waals surface area contributed by atoms with Gasteiger partial charge < -0.3 is 14.7 Å². The number of rotatable bonds is 6. The summed E-state index contributed by atoms with van der Waals surface area (Å²) in [6, 6.07) is 5.32. The second-order valence-electron chi connectivity index (χ2n) is 6.89. The molecule has 2 aromatic rings. The number of hydrogen-bond donors (Lipinski definition) is 1. The van der Waals surface area contributed by atoms with Gasteiger partial charge in [-0.3, -0.25) is 4.79 Å². The minimum Gasteiger partial charge on any atom is -0.360 e. The molecule has 1 amide bonds. The molecule has 1 aliphatic rings. The number of anilines is 1. The van der Waals surface area contributed by atoms with Crippen molar-refractivity contribution in [3.05, 3.63) is 41.7 Å². The number of aryl methyl sites for hydroxylation is 1. The summed E-state index contributed by atoms with van der Waals surface area (Å²) in [6.07, 6.45) is -4.43. The molecule has 164 valence electrons. The zero-order chi connectivity index (χ0) is 21.9. The fraction of sp³-hybridized carbons (Fsp3) is 0.444. The van der Waals surface area contributed by atoms with Crippen molar-refractivity contribution < 1.29 is 30.9 Å². The van der Waals surface area contributed by atoms with Crippen LogP contribution < -0.4 is 5.32 Å².